The third kappa shape index (κ3) is 4.80. The second-order valence-corrected chi connectivity index (χ2v) is 7.81. The molecule has 0 aliphatic carbocycles. The van der Waals surface area contributed by atoms with E-state index in [1.165, 1.54) is 36.0 Å². The first-order valence-corrected chi connectivity index (χ1v) is 9.71. The smallest absolute Gasteiger partial charge is 0.271 e. The van der Waals surface area contributed by atoms with Crippen molar-refractivity contribution in [1.82, 2.24) is 19.8 Å². The van der Waals surface area contributed by atoms with Crippen molar-refractivity contribution in [3.63, 3.8) is 0 Å². The van der Waals surface area contributed by atoms with Gasteiger partial charge in [-0.1, -0.05) is 27.6 Å². The molecule has 0 aliphatic heterocycles. The van der Waals surface area contributed by atoms with E-state index in [4.69, 9.17) is 0 Å². The molecule has 2 aromatic heterocycles. The number of hydrogen-bond acceptors (Lipinski definition) is 9. The van der Waals surface area contributed by atoms with Gasteiger partial charge in [0.1, 0.15) is 10.7 Å². The quantitative estimate of drug-likeness (QED) is 0.475. The van der Waals surface area contributed by atoms with Crippen molar-refractivity contribution >= 4 is 57.3 Å². The van der Waals surface area contributed by atoms with Gasteiger partial charge in [-0.15, -0.1) is 15.3 Å². The molecule has 1 aromatic carbocycles. The first-order valence-electron chi connectivity index (χ1n) is 7.13. The fourth-order valence-electron chi connectivity index (χ4n) is 1.77. The number of benzene rings is 1. The zero-order valence-corrected chi connectivity index (χ0v) is 15.7. The van der Waals surface area contributed by atoms with Gasteiger partial charge in [-0.05, 0) is 42.7 Å². The van der Waals surface area contributed by atoms with Gasteiger partial charge in [-0.3, -0.25) is 14.9 Å². The number of carbonyl (C=O) groups is 2. The third-order valence-electron chi connectivity index (χ3n) is 2.94. The largest absolute Gasteiger partial charge is 0.325 e. The van der Waals surface area contributed by atoms with Crippen molar-refractivity contribution in [1.29, 1.82) is 0 Å². The van der Waals surface area contributed by atoms with E-state index in [-0.39, 0.29) is 23.4 Å². The maximum Gasteiger partial charge on any atom is 0.271 e. The van der Waals surface area contributed by atoms with Crippen LogP contribution < -0.4 is 10.6 Å². The predicted octanol–water partition coefficient (Wildman–Crippen LogP) is 2.82. The summed E-state index contributed by atoms with van der Waals surface area (Å²) in [5, 5.41) is 17.2. The van der Waals surface area contributed by atoms with Crippen molar-refractivity contribution in [3.05, 3.63) is 40.7 Å². The van der Waals surface area contributed by atoms with Crippen LogP contribution in [0, 0.1) is 12.7 Å². The Morgan fingerprint density at radius 1 is 1.15 bits per heavy atom. The lowest BCUT2D eigenvalue weighted by Crippen LogP contribution is -2.13. The highest BCUT2D eigenvalue weighted by Crippen LogP contribution is 2.26. The number of halogens is 1. The summed E-state index contributed by atoms with van der Waals surface area (Å²) in [4.78, 5) is 24.4. The normalized spacial score (nSPS) is 10.5. The van der Waals surface area contributed by atoms with Gasteiger partial charge >= 0.3 is 0 Å². The van der Waals surface area contributed by atoms with Gasteiger partial charge < -0.3 is 5.32 Å². The zero-order valence-electron chi connectivity index (χ0n) is 13.2. The van der Waals surface area contributed by atoms with Crippen molar-refractivity contribution < 1.29 is 14.0 Å². The summed E-state index contributed by atoms with van der Waals surface area (Å²) in [7, 11) is 0. The van der Waals surface area contributed by atoms with Crippen LogP contribution in [0.15, 0.2) is 28.6 Å². The van der Waals surface area contributed by atoms with Gasteiger partial charge in [0, 0.05) is 5.69 Å². The summed E-state index contributed by atoms with van der Waals surface area (Å²) in [5.74, 6) is -0.865. The van der Waals surface area contributed by atoms with Crippen molar-refractivity contribution in [2.24, 2.45) is 0 Å². The molecule has 12 heteroatoms. The average Bonchev–Trinajstić information content (AvgIpc) is 3.24. The van der Waals surface area contributed by atoms with E-state index in [2.05, 4.69) is 30.4 Å². The molecule has 0 atom stereocenters. The Hall–Kier alpha value is -2.44. The van der Waals surface area contributed by atoms with Crippen LogP contribution in [0.1, 0.15) is 15.4 Å². The summed E-state index contributed by atoms with van der Waals surface area (Å²) < 4.78 is 17.1. The molecule has 0 saturated heterocycles. The van der Waals surface area contributed by atoms with Crippen LogP contribution in [-0.2, 0) is 4.79 Å². The van der Waals surface area contributed by atoms with Crippen molar-refractivity contribution in [2.45, 2.75) is 11.3 Å². The van der Waals surface area contributed by atoms with Gasteiger partial charge in [0.05, 0.1) is 11.4 Å². The molecule has 3 aromatic rings. The molecule has 0 aliphatic rings. The standard InChI is InChI=1S/C14H11FN6O2S3/c1-7-11(26-21-18-7)12(23)17-13-19-20-14(25-13)24-6-10(22)16-9-4-2-8(15)3-5-9/h2-5H,6H2,1H3,(H,16,22)(H,17,19,23). The summed E-state index contributed by atoms with van der Waals surface area (Å²) in [6, 6.07) is 5.49. The van der Waals surface area contributed by atoms with E-state index in [9.17, 15) is 14.0 Å². The van der Waals surface area contributed by atoms with Crippen LogP contribution in [0.5, 0.6) is 0 Å². The highest BCUT2D eigenvalue weighted by Gasteiger charge is 2.16. The molecular weight excluding hydrogens is 399 g/mol. The van der Waals surface area contributed by atoms with Crippen LogP contribution >= 0.6 is 34.6 Å². The minimum absolute atomic E-state index is 0.109. The monoisotopic (exact) mass is 410 g/mol. The molecule has 3 rings (SSSR count). The van der Waals surface area contributed by atoms with E-state index < -0.39 is 0 Å². The maximum atomic E-state index is 12.8. The molecule has 2 amide bonds. The van der Waals surface area contributed by atoms with Crippen LogP contribution in [0.3, 0.4) is 0 Å². The summed E-state index contributed by atoms with van der Waals surface area (Å²) >= 11 is 3.34. The number of thioether (sulfide) groups is 1. The third-order valence-corrected chi connectivity index (χ3v) is 5.74. The van der Waals surface area contributed by atoms with Crippen molar-refractivity contribution in [2.75, 3.05) is 16.4 Å². The van der Waals surface area contributed by atoms with E-state index in [1.807, 2.05) is 0 Å². The SMILES string of the molecule is Cc1nnsc1C(=O)Nc1nnc(SCC(=O)Nc2ccc(F)cc2)s1. The fraction of sp³-hybridized carbons (Fsp3) is 0.143. The molecular formula is C14H11FN6O2S3. The van der Waals surface area contributed by atoms with Crippen LogP contribution in [0.2, 0.25) is 0 Å². The Morgan fingerprint density at radius 3 is 2.62 bits per heavy atom. The maximum absolute atomic E-state index is 12.8. The Morgan fingerprint density at radius 2 is 1.92 bits per heavy atom. The van der Waals surface area contributed by atoms with Gasteiger partial charge in [0.2, 0.25) is 11.0 Å². The zero-order chi connectivity index (χ0) is 18.5. The Bertz CT molecular complexity index is 927. The molecule has 0 radical (unpaired) electrons. The van der Waals surface area contributed by atoms with Gasteiger partial charge in [-0.2, -0.15) is 0 Å². The molecule has 2 N–H and O–H groups in total. The Kier molecular flexibility index (Phi) is 5.85. The number of amides is 2. The Labute approximate surface area is 159 Å². The molecule has 26 heavy (non-hydrogen) atoms. The van der Waals surface area contributed by atoms with Crippen molar-refractivity contribution in [3.8, 4) is 0 Å². The average molecular weight is 410 g/mol. The van der Waals surface area contributed by atoms with E-state index in [0.717, 1.165) is 22.9 Å². The minimum atomic E-state index is -0.370. The number of nitrogens with one attached hydrogen (secondary N) is 2. The van der Waals surface area contributed by atoms with E-state index >= 15 is 0 Å². The number of carbonyl (C=O) groups excluding carboxylic acids is 2. The minimum Gasteiger partial charge on any atom is -0.325 e. The van der Waals surface area contributed by atoms with Crippen LogP contribution in [0.25, 0.3) is 0 Å². The molecule has 8 nitrogen and oxygen atoms in total. The molecule has 0 fully saturated rings. The molecule has 0 unspecified atom stereocenters. The topological polar surface area (TPSA) is 110 Å². The first kappa shape index (κ1) is 18.4. The highest BCUT2D eigenvalue weighted by molar-refractivity contribution is 8.01. The second-order valence-electron chi connectivity index (χ2n) is 4.86. The van der Waals surface area contributed by atoms with E-state index in [1.54, 1.807) is 6.92 Å². The number of aromatic nitrogens is 4. The number of aryl methyl sites for hydroxylation is 1. The lowest BCUT2D eigenvalue weighted by atomic mass is 10.3. The lowest BCUT2D eigenvalue weighted by Gasteiger charge is -2.03. The van der Waals surface area contributed by atoms with Gasteiger partial charge in [0.25, 0.3) is 5.91 Å². The summed E-state index contributed by atoms with van der Waals surface area (Å²) in [6.45, 7) is 1.69. The first-order chi connectivity index (χ1) is 12.5. The van der Waals surface area contributed by atoms with Gasteiger partial charge in [0.15, 0.2) is 4.34 Å². The molecule has 0 spiro atoms. The molecule has 0 bridgehead atoms. The predicted molar refractivity (Wildman–Crippen MR) is 98.3 cm³/mol. The molecule has 2 heterocycles. The lowest BCUT2D eigenvalue weighted by molar-refractivity contribution is -0.113. The summed E-state index contributed by atoms with van der Waals surface area (Å²) in [5.41, 5.74) is 1.06. The molecule has 0 saturated carbocycles. The number of anilines is 2. The number of nitrogens with zero attached hydrogens (tertiary/aromatic N) is 4. The summed E-state index contributed by atoms with van der Waals surface area (Å²) in [6.07, 6.45) is 0. The second kappa shape index (κ2) is 8.29. The Balaban J connectivity index is 1.50. The van der Waals surface area contributed by atoms with Crippen LogP contribution in [0.4, 0.5) is 15.2 Å². The highest BCUT2D eigenvalue weighted by atomic mass is 32.2. The van der Waals surface area contributed by atoms with Gasteiger partial charge in [-0.25, -0.2) is 4.39 Å². The number of rotatable bonds is 6. The molecule has 134 valence electrons. The van der Waals surface area contributed by atoms with Crippen LogP contribution in [-0.4, -0.2) is 37.4 Å². The van der Waals surface area contributed by atoms with E-state index in [0.29, 0.717) is 25.7 Å². The fourth-order valence-corrected chi connectivity index (χ4v) is 3.87. The number of hydrogen-bond donors (Lipinski definition) is 2.